The van der Waals surface area contributed by atoms with E-state index in [1.807, 2.05) is 12.1 Å². The summed E-state index contributed by atoms with van der Waals surface area (Å²) in [5.74, 6) is 0.632. The summed E-state index contributed by atoms with van der Waals surface area (Å²) in [6.07, 6.45) is 1.83. The first kappa shape index (κ1) is 19.0. The summed E-state index contributed by atoms with van der Waals surface area (Å²) in [6.45, 7) is 1.72. The zero-order valence-electron chi connectivity index (χ0n) is 16.1. The largest absolute Gasteiger partial charge is 0.493 e. The van der Waals surface area contributed by atoms with Gasteiger partial charge in [-0.2, -0.15) is 0 Å². The number of nitrogens with one attached hydrogen (secondary N) is 1. The number of urea groups is 1. The third-order valence-electron chi connectivity index (χ3n) is 5.31. The highest BCUT2D eigenvalue weighted by molar-refractivity contribution is 6.09. The zero-order chi connectivity index (χ0) is 19.8. The van der Waals surface area contributed by atoms with Gasteiger partial charge in [0.05, 0.1) is 14.2 Å². The molecule has 0 radical (unpaired) electrons. The first-order chi connectivity index (χ1) is 12.8. The van der Waals surface area contributed by atoms with Gasteiger partial charge in [-0.15, -0.1) is 0 Å². The number of para-hydroxylation sites is 1. The lowest BCUT2D eigenvalue weighted by molar-refractivity contribution is -0.138. The van der Waals surface area contributed by atoms with E-state index in [1.165, 1.54) is 12.0 Å². The number of likely N-dealkylation sites (N-methyl/N-ethyl adjacent to an activating group) is 1. The fourth-order valence-corrected chi connectivity index (χ4v) is 3.47. The molecule has 1 aliphatic carbocycles. The Balaban J connectivity index is 1.68. The summed E-state index contributed by atoms with van der Waals surface area (Å²) >= 11 is 0. The average Bonchev–Trinajstić information content (AvgIpc) is 3.47. The third-order valence-corrected chi connectivity index (χ3v) is 5.31. The molecule has 27 heavy (non-hydrogen) atoms. The van der Waals surface area contributed by atoms with Gasteiger partial charge < -0.3 is 19.7 Å². The molecule has 0 aromatic heterocycles. The molecule has 146 valence electrons. The van der Waals surface area contributed by atoms with Crippen LogP contribution in [0.3, 0.4) is 0 Å². The summed E-state index contributed by atoms with van der Waals surface area (Å²) in [5, 5.41) is 2.75. The smallest absolute Gasteiger partial charge is 0.325 e. The molecular formula is C19H25N3O5. The molecule has 1 atom stereocenters. The molecule has 1 aliphatic heterocycles. The molecule has 4 amide bonds. The average molecular weight is 375 g/mol. The van der Waals surface area contributed by atoms with Crippen LogP contribution < -0.4 is 14.8 Å². The van der Waals surface area contributed by atoms with Gasteiger partial charge in [0.15, 0.2) is 11.5 Å². The molecule has 1 saturated heterocycles. The van der Waals surface area contributed by atoms with Crippen molar-refractivity contribution in [2.45, 2.75) is 31.8 Å². The molecule has 1 aromatic rings. The highest BCUT2D eigenvalue weighted by atomic mass is 16.5. The zero-order valence-corrected chi connectivity index (χ0v) is 16.1. The Morgan fingerprint density at radius 1 is 1.30 bits per heavy atom. The normalized spacial score (nSPS) is 21.9. The van der Waals surface area contributed by atoms with Crippen molar-refractivity contribution in [2.24, 2.45) is 5.92 Å². The van der Waals surface area contributed by atoms with Crippen LogP contribution in [0.1, 0.15) is 25.3 Å². The van der Waals surface area contributed by atoms with Crippen molar-refractivity contribution in [3.63, 3.8) is 0 Å². The topological polar surface area (TPSA) is 88.2 Å². The van der Waals surface area contributed by atoms with Gasteiger partial charge in [0.2, 0.25) is 5.91 Å². The quantitative estimate of drug-likeness (QED) is 0.728. The number of rotatable bonds is 7. The van der Waals surface area contributed by atoms with Crippen molar-refractivity contribution in [1.29, 1.82) is 0 Å². The predicted molar refractivity (Wildman–Crippen MR) is 97.4 cm³/mol. The first-order valence-electron chi connectivity index (χ1n) is 8.89. The Labute approximate surface area is 158 Å². The SMILES string of the molecule is COc1cccc(CN(C)C(=O)CN2C(=O)N[C@@](C)(C3CC3)C2=O)c1OC. The van der Waals surface area contributed by atoms with Gasteiger partial charge in [0.1, 0.15) is 12.1 Å². The molecule has 8 nitrogen and oxygen atoms in total. The van der Waals surface area contributed by atoms with Crippen LogP contribution in [0.15, 0.2) is 18.2 Å². The summed E-state index contributed by atoms with van der Waals surface area (Å²) in [5.41, 5.74) is -0.112. The Kier molecular flexibility index (Phi) is 4.99. The summed E-state index contributed by atoms with van der Waals surface area (Å²) in [4.78, 5) is 40.0. The van der Waals surface area contributed by atoms with E-state index in [9.17, 15) is 14.4 Å². The number of carbonyl (C=O) groups excluding carboxylic acids is 3. The molecule has 8 heteroatoms. The van der Waals surface area contributed by atoms with Crippen molar-refractivity contribution in [3.05, 3.63) is 23.8 Å². The van der Waals surface area contributed by atoms with Gasteiger partial charge in [-0.3, -0.25) is 14.5 Å². The molecule has 0 unspecified atom stereocenters. The number of ether oxygens (including phenoxy) is 2. The number of hydrogen-bond donors (Lipinski definition) is 1. The minimum absolute atomic E-state index is 0.160. The molecule has 2 aliphatic rings. The van der Waals surface area contributed by atoms with E-state index < -0.39 is 11.6 Å². The number of methoxy groups -OCH3 is 2. The monoisotopic (exact) mass is 375 g/mol. The van der Waals surface area contributed by atoms with Crippen LogP contribution in [0.5, 0.6) is 11.5 Å². The molecule has 1 N–H and O–H groups in total. The molecule has 3 rings (SSSR count). The van der Waals surface area contributed by atoms with Crippen LogP contribution in [0.25, 0.3) is 0 Å². The fraction of sp³-hybridized carbons (Fsp3) is 0.526. The summed E-state index contributed by atoms with van der Waals surface area (Å²) in [7, 11) is 4.71. The highest BCUT2D eigenvalue weighted by Crippen LogP contribution is 2.42. The Bertz CT molecular complexity index is 777. The lowest BCUT2D eigenvalue weighted by atomic mass is 9.96. The van der Waals surface area contributed by atoms with E-state index in [-0.39, 0.29) is 30.8 Å². The maximum absolute atomic E-state index is 12.7. The number of nitrogens with zero attached hydrogens (tertiary/aromatic N) is 2. The van der Waals surface area contributed by atoms with E-state index in [2.05, 4.69) is 5.32 Å². The van der Waals surface area contributed by atoms with Gasteiger partial charge in [0, 0.05) is 19.2 Å². The van der Waals surface area contributed by atoms with Crippen LogP contribution in [0.4, 0.5) is 4.79 Å². The predicted octanol–water partition coefficient (Wildman–Crippen LogP) is 1.38. The second kappa shape index (κ2) is 7.09. The maximum Gasteiger partial charge on any atom is 0.325 e. The lowest BCUT2D eigenvalue weighted by Gasteiger charge is -2.23. The summed E-state index contributed by atoms with van der Waals surface area (Å²) in [6, 6.07) is 4.92. The second-order valence-electron chi connectivity index (χ2n) is 7.20. The van der Waals surface area contributed by atoms with Crippen LogP contribution in [-0.4, -0.2) is 61.0 Å². The standard InChI is InChI=1S/C19H25N3O5/c1-19(13-8-9-13)17(24)22(18(25)20-19)11-15(23)21(2)10-12-6-5-7-14(26-3)16(12)27-4/h5-7,13H,8-11H2,1-4H3,(H,20,25)/t19-/m0/s1. The Morgan fingerprint density at radius 2 is 2.00 bits per heavy atom. The number of carbonyl (C=O) groups is 3. The van der Waals surface area contributed by atoms with E-state index in [0.29, 0.717) is 11.5 Å². The van der Waals surface area contributed by atoms with Crippen LogP contribution in [0, 0.1) is 5.92 Å². The van der Waals surface area contributed by atoms with Crippen LogP contribution in [-0.2, 0) is 16.1 Å². The van der Waals surface area contributed by atoms with E-state index in [4.69, 9.17) is 9.47 Å². The molecule has 0 bridgehead atoms. The van der Waals surface area contributed by atoms with Crippen LogP contribution >= 0.6 is 0 Å². The number of imide groups is 1. The molecule has 1 heterocycles. The highest BCUT2D eigenvalue weighted by Gasteiger charge is 2.56. The van der Waals surface area contributed by atoms with Gasteiger partial charge in [0.25, 0.3) is 5.91 Å². The van der Waals surface area contributed by atoms with Crippen molar-refractivity contribution >= 4 is 17.8 Å². The molecule has 0 spiro atoms. The van der Waals surface area contributed by atoms with Gasteiger partial charge in [-0.25, -0.2) is 4.79 Å². The first-order valence-corrected chi connectivity index (χ1v) is 8.89. The fourth-order valence-electron chi connectivity index (χ4n) is 3.47. The summed E-state index contributed by atoms with van der Waals surface area (Å²) < 4.78 is 10.7. The van der Waals surface area contributed by atoms with E-state index >= 15 is 0 Å². The van der Waals surface area contributed by atoms with Crippen molar-refractivity contribution in [1.82, 2.24) is 15.1 Å². The van der Waals surface area contributed by atoms with Crippen molar-refractivity contribution in [3.8, 4) is 11.5 Å². The Morgan fingerprint density at radius 3 is 2.59 bits per heavy atom. The van der Waals surface area contributed by atoms with Gasteiger partial charge in [-0.05, 0) is 31.7 Å². The molecule has 1 saturated carbocycles. The van der Waals surface area contributed by atoms with Crippen molar-refractivity contribution < 1.29 is 23.9 Å². The van der Waals surface area contributed by atoms with E-state index in [0.717, 1.165) is 23.3 Å². The van der Waals surface area contributed by atoms with Crippen LogP contribution in [0.2, 0.25) is 0 Å². The molecule has 2 fully saturated rings. The number of benzene rings is 1. The molecule has 1 aromatic carbocycles. The van der Waals surface area contributed by atoms with E-state index in [1.54, 1.807) is 27.1 Å². The third kappa shape index (κ3) is 3.43. The minimum Gasteiger partial charge on any atom is -0.493 e. The minimum atomic E-state index is -0.883. The maximum atomic E-state index is 12.7. The number of hydrogen-bond acceptors (Lipinski definition) is 5. The Hall–Kier alpha value is -2.77. The van der Waals surface area contributed by atoms with Gasteiger partial charge >= 0.3 is 6.03 Å². The lowest BCUT2D eigenvalue weighted by Crippen LogP contribution is -2.47. The van der Waals surface area contributed by atoms with Gasteiger partial charge in [-0.1, -0.05) is 12.1 Å². The van der Waals surface area contributed by atoms with Crippen molar-refractivity contribution in [2.75, 3.05) is 27.8 Å². The number of amides is 4. The molecular weight excluding hydrogens is 350 g/mol. The second-order valence-corrected chi connectivity index (χ2v) is 7.20.